The summed E-state index contributed by atoms with van der Waals surface area (Å²) in [5.74, 6) is -0.197. The van der Waals surface area contributed by atoms with Crippen molar-refractivity contribution >= 4 is 28.2 Å². The summed E-state index contributed by atoms with van der Waals surface area (Å²) in [6.07, 6.45) is 1.57. The second kappa shape index (κ2) is 5.31. The van der Waals surface area contributed by atoms with E-state index in [2.05, 4.69) is 4.98 Å². The number of hydrogen-bond acceptors (Lipinski definition) is 2. The van der Waals surface area contributed by atoms with Crippen molar-refractivity contribution < 1.29 is 9.00 Å². The molecule has 0 fully saturated rings. The van der Waals surface area contributed by atoms with Gasteiger partial charge in [0.15, 0.2) is 5.78 Å². The molecule has 1 aromatic heterocycles. The van der Waals surface area contributed by atoms with Crippen LogP contribution < -0.4 is 0 Å². The van der Waals surface area contributed by atoms with Crippen molar-refractivity contribution in [2.24, 2.45) is 0 Å². The van der Waals surface area contributed by atoms with Crippen molar-refractivity contribution in [1.29, 1.82) is 0 Å². The van der Waals surface area contributed by atoms with Crippen LogP contribution in [-0.4, -0.2) is 21.2 Å². The van der Waals surface area contributed by atoms with Crippen molar-refractivity contribution in [2.75, 3.05) is 6.26 Å². The van der Waals surface area contributed by atoms with E-state index in [9.17, 15) is 9.00 Å². The van der Waals surface area contributed by atoms with Gasteiger partial charge in [0.25, 0.3) is 0 Å². The van der Waals surface area contributed by atoms with Gasteiger partial charge in [-0.2, -0.15) is 0 Å². The molecule has 1 heterocycles. The van der Waals surface area contributed by atoms with Crippen LogP contribution in [0, 0.1) is 13.8 Å². The maximum Gasteiger partial charge on any atom is 0.197 e. The molecular formula is C14H14ClNO2S. The average molecular weight is 296 g/mol. The fourth-order valence-electron chi connectivity index (χ4n) is 2.17. The molecule has 100 valence electrons. The van der Waals surface area contributed by atoms with Crippen molar-refractivity contribution in [3.8, 4) is 0 Å². The zero-order chi connectivity index (χ0) is 14.2. The van der Waals surface area contributed by atoms with Gasteiger partial charge >= 0.3 is 0 Å². The van der Waals surface area contributed by atoms with E-state index in [-0.39, 0.29) is 5.78 Å². The van der Waals surface area contributed by atoms with Crippen molar-refractivity contribution in [1.82, 2.24) is 4.98 Å². The molecule has 1 unspecified atom stereocenters. The first-order valence-corrected chi connectivity index (χ1v) is 7.69. The van der Waals surface area contributed by atoms with Crippen LogP contribution in [0.4, 0.5) is 0 Å². The second-order valence-corrected chi connectivity index (χ2v) is 6.07. The van der Waals surface area contributed by atoms with E-state index < -0.39 is 10.8 Å². The Morgan fingerprint density at radius 2 is 1.84 bits per heavy atom. The molecule has 0 aliphatic carbocycles. The summed E-state index contributed by atoms with van der Waals surface area (Å²) in [7, 11) is -1.23. The van der Waals surface area contributed by atoms with Crippen LogP contribution in [0.5, 0.6) is 0 Å². The molecule has 5 heteroatoms. The molecular weight excluding hydrogens is 282 g/mol. The summed E-state index contributed by atoms with van der Waals surface area (Å²) in [5, 5.41) is 0.401. The summed E-state index contributed by atoms with van der Waals surface area (Å²) >= 11 is 6.05. The minimum atomic E-state index is -1.23. The Hall–Kier alpha value is -1.39. The van der Waals surface area contributed by atoms with Gasteiger partial charge in [-0.25, -0.2) is 0 Å². The van der Waals surface area contributed by atoms with Crippen molar-refractivity contribution in [3.05, 3.63) is 51.8 Å². The molecule has 0 spiro atoms. The molecule has 0 aliphatic rings. The molecule has 1 aromatic carbocycles. The van der Waals surface area contributed by atoms with Crippen LogP contribution in [0.2, 0.25) is 5.02 Å². The highest BCUT2D eigenvalue weighted by molar-refractivity contribution is 7.84. The van der Waals surface area contributed by atoms with E-state index in [1.807, 2.05) is 6.92 Å². The molecule has 2 aromatic rings. The van der Waals surface area contributed by atoms with E-state index >= 15 is 0 Å². The molecule has 1 atom stereocenters. The number of hydrogen-bond donors (Lipinski definition) is 1. The van der Waals surface area contributed by atoms with Crippen molar-refractivity contribution in [2.45, 2.75) is 18.7 Å². The maximum absolute atomic E-state index is 12.6. The number of nitrogens with one attached hydrogen (secondary N) is 1. The molecule has 1 N–H and O–H groups in total. The normalized spacial score (nSPS) is 12.4. The number of carbonyl (C=O) groups is 1. The Kier molecular flexibility index (Phi) is 3.92. The third kappa shape index (κ3) is 2.51. The number of carbonyl (C=O) groups excluding carboxylic acids is 1. The van der Waals surface area contributed by atoms with E-state index in [1.54, 1.807) is 37.4 Å². The lowest BCUT2D eigenvalue weighted by Crippen LogP contribution is -2.07. The van der Waals surface area contributed by atoms with Gasteiger partial charge in [0.2, 0.25) is 0 Å². The number of ketones is 1. The summed E-state index contributed by atoms with van der Waals surface area (Å²) in [4.78, 5) is 16.2. The number of rotatable bonds is 3. The van der Waals surface area contributed by atoms with Crippen LogP contribution in [0.15, 0.2) is 29.2 Å². The highest BCUT2D eigenvalue weighted by atomic mass is 35.5. The predicted molar refractivity (Wildman–Crippen MR) is 77.5 cm³/mol. The van der Waals surface area contributed by atoms with E-state index in [4.69, 9.17) is 11.6 Å². The van der Waals surface area contributed by atoms with Crippen LogP contribution in [0.25, 0.3) is 0 Å². The van der Waals surface area contributed by atoms with Gasteiger partial charge in [0.05, 0.1) is 26.3 Å². The second-order valence-electron chi connectivity index (χ2n) is 4.34. The molecule has 19 heavy (non-hydrogen) atoms. The number of halogens is 1. The molecule has 0 radical (unpaired) electrons. The van der Waals surface area contributed by atoms with Gasteiger partial charge in [0.1, 0.15) is 0 Å². The predicted octanol–water partition coefficient (Wildman–Crippen LogP) is 3.25. The Morgan fingerprint density at radius 1 is 1.21 bits per heavy atom. The van der Waals surface area contributed by atoms with Gasteiger partial charge in [-0.1, -0.05) is 23.7 Å². The molecule has 0 aliphatic heterocycles. The van der Waals surface area contributed by atoms with E-state index in [1.165, 1.54) is 0 Å². The van der Waals surface area contributed by atoms with E-state index in [0.717, 1.165) is 5.69 Å². The first-order valence-electron chi connectivity index (χ1n) is 5.75. The third-order valence-corrected chi connectivity index (χ3v) is 4.37. The quantitative estimate of drug-likeness (QED) is 0.884. The maximum atomic E-state index is 12.6. The van der Waals surface area contributed by atoms with Gasteiger partial charge in [-0.3, -0.25) is 9.00 Å². The Labute approximate surface area is 119 Å². The first-order chi connectivity index (χ1) is 8.93. The minimum Gasteiger partial charge on any atom is -0.361 e. The Morgan fingerprint density at radius 3 is 2.42 bits per heavy atom. The SMILES string of the molecule is Cc1[nH]c(C)c(S(C)=O)c1C(=O)c1ccccc1Cl. The number of aromatic nitrogens is 1. The molecule has 0 saturated heterocycles. The smallest absolute Gasteiger partial charge is 0.197 e. The van der Waals surface area contributed by atoms with Crippen molar-refractivity contribution in [3.63, 3.8) is 0 Å². The zero-order valence-electron chi connectivity index (χ0n) is 10.9. The number of aromatic amines is 1. The fourth-order valence-corrected chi connectivity index (χ4v) is 3.41. The van der Waals surface area contributed by atoms with Crippen LogP contribution in [0.1, 0.15) is 27.3 Å². The molecule has 2 rings (SSSR count). The third-order valence-electron chi connectivity index (χ3n) is 2.95. The minimum absolute atomic E-state index is 0.197. The number of benzene rings is 1. The van der Waals surface area contributed by atoms with Crippen LogP contribution >= 0.6 is 11.6 Å². The Balaban J connectivity index is 2.63. The molecule has 3 nitrogen and oxygen atoms in total. The van der Waals surface area contributed by atoms with Crippen LogP contribution in [-0.2, 0) is 10.8 Å². The summed E-state index contributed by atoms with van der Waals surface area (Å²) in [6, 6.07) is 6.88. The fraction of sp³-hybridized carbons (Fsp3) is 0.214. The lowest BCUT2D eigenvalue weighted by molar-refractivity contribution is 0.103. The highest BCUT2D eigenvalue weighted by Crippen LogP contribution is 2.27. The topological polar surface area (TPSA) is 49.9 Å². The summed E-state index contributed by atoms with van der Waals surface area (Å²) in [5.41, 5.74) is 2.37. The summed E-state index contributed by atoms with van der Waals surface area (Å²) in [6.45, 7) is 3.61. The average Bonchev–Trinajstić information content (AvgIpc) is 2.64. The standard InChI is InChI=1S/C14H14ClNO2S/c1-8-12(14(19(3)18)9(2)16-8)13(17)10-6-4-5-7-11(10)15/h4-7,16H,1-3H3. The largest absolute Gasteiger partial charge is 0.361 e. The number of aryl methyl sites for hydroxylation is 2. The molecule has 0 saturated carbocycles. The van der Waals surface area contributed by atoms with Crippen LogP contribution in [0.3, 0.4) is 0 Å². The monoisotopic (exact) mass is 295 g/mol. The summed E-state index contributed by atoms with van der Waals surface area (Å²) < 4.78 is 11.8. The lowest BCUT2D eigenvalue weighted by atomic mass is 10.0. The highest BCUT2D eigenvalue weighted by Gasteiger charge is 2.23. The first kappa shape index (κ1) is 14.0. The molecule has 0 bridgehead atoms. The zero-order valence-corrected chi connectivity index (χ0v) is 12.5. The lowest BCUT2D eigenvalue weighted by Gasteiger charge is -2.05. The van der Waals surface area contributed by atoms with Gasteiger partial charge < -0.3 is 4.98 Å². The Bertz CT molecular complexity index is 676. The van der Waals surface area contributed by atoms with Gasteiger partial charge in [-0.05, 0) is 26.0 Å². The molecule has 0 amide bonds. The van der Waals surface area contributed by atoms with Gasteiger partial charge in [0, 0.05) is 23.2 Å². The number of H-pyrrole nitrogens is 1. The van der Waals surface area contributed by atoms with E-state index in [0.29, 0.717) is 26.7 Å². The van der Waals surface area contributed by atoms with Gasteiger partial charge in [-0.15, -0.1) is 0 Å².